The summed E-state index contributed by atoms with van der Waals surface area (Å²) in [6.45, 7) is 0. The third-order valence-corrected chi connectivity index (χ3v) is 16.8. The monoisotopic (exact) mass is 781 g/mol. The van der Waals surface area contributed by atoms with Gasteiger partial charge in [-0.3, -0.25) is 0 Å². The van der Waals surface area contributed by atoms with Crippen LogP contribution in [0.1, 0.15) is 71.4 Å². The van der Waals surface area contributed by atoms with Gasteiger partial charge in [-0.15, -0.1) is 0 Å². The van der Waals surface area contributed by atoms with Crippen LogP contribution >= 0.6 is 0 Å². The van der Waals surface area contributed by atoms with Gasteiger partial charge in [0.25, 0.3) is 0 Å². The predicted molar refractivity (Wildman–Crippen MR) is 251 cm³/mol. The fourth-order valence-corrected chi connectivity index (χ4v) is 14.4. The molecule has 0 aliphatic heterocycles. The second kappa shape index (κ2) is 12.6. The normalized spacial score (nSPS) is 23.5. The summed E-state index contributed by atoms with van der Waals surface area (Å²) in [5, 5.41) is 0. The van der Waals surface area contributed by atoms with E-state index in [1.807, 2.05) is 0 Å². The molecule has 6 aliphatic carbocycles. The van der Waals surface area contributed by atoms with Crippen molar-refractivity contribution >= 4 is 17.1 Å². The number of fused-ring (bicyclic) bond motifs is 15. The Labute approximate surface area is 359 Å². The Morgan fingerprint density at radius 3 is 1.70 bits per heavy atom. The first-order valence-corrected chi connectivity index (χ1v) is 22.8. The highest BCUT2D eigenvalue weighted by Gasteiger charge is 2.64. The van der Waals surface area contributed by atoms with E-state index in [-0.39, 0.29) is 0 Å². The summed E-state index contributed by atoms with van der Waals surface area (Å²) in [5.74, 6) is 3.23. The Hall–Kier alpha value is -6.44. The Bertz CT molecular complexity index is 3020. The maximum atomic E-state index is 2.63. The first-order chi connectivity index (χ1) is 30.2. The highest BCUT2D eigenvalue weighted by atomic mass is 15.1. The lowest BCUT2D eigenvalue weighted by atomic mass is 9.54. The molecule has 0 aromatic heterocycles. The minimum absolute atomic E-state index is 0.400. The highest BCUT2D eigenvalue weighted by Crippen LogP contribution is 2.74. The molecule has 1 heteroatoms. The topological polar surface area (TPSA) is 3.24 Å². The summed E-state index contributed by atoms with van der Waals surface area (Å²) in [6, 6.07) is 72.0. The van der Waals surface area contributed by atoms with Crippen molar-refractivity contribution in [2.45, 2.75) is 49.9 Å². The summed E-state index contributed by atoms with van der Waals surface area (Å²) in [5.41, 5.74) is 23.2. The smallest absolute Gasteiger partial charge is 0.0726 e. The maximum Gasteiger partial charge on any atom is 0.0726 e. The lowest BCUT2D eigenvalue weighted by Crippen LogP contribution is -2.44. The molecule has 5 atom stereocenters. The van der Waals surface area contributed by atoms with Crippen molar-refractivity contribution in [2.24, 2.45) is 23.2 Å². The van der Waals surface area contributed by atoms with Crippen molar-refractivity contribution in [3.63, 3.8) is 0 Å². The van der Waals surface area contributed by atoms with Gasteiger partial charge in [0.15, 0.2) is 0 Å². The van der Waals surface area contributed by atoms with Crippen molar-refractivity contribution in [1.82, 2.24) is 0 Å². The van der Waals surface area contributed by atoms with E-state index in [4.69, 9.17) is 0 Å². The van der Waals surface area contributed by atoms with E-state index >= 15 is 0 Å². The van der Waals surface area contributed by atoms with Crippen LogP contribution in [0.15, 0.2) is 188 Å². The number of hydrogen-bond acceptors (Lipinski definition) is 1. The van der Waals surface area contributed by atoms with Gasteiger partial charge >= 0.3 is 0 Å². The Balaban J connectivity index is 0.994. The van der Waals surface area contributed by atoms with Crippen LogP contribution in [0.2, 0.25) is 0 Å². The second-order valence-electron chi connectivity index (χ2n) is 19.2. The molecule has 8 aromatic carbocycles. The van der Waals surface area contributed by atoms with Crippen molar-refractivity contribution in [1.29, 1.82) is 0 Å². The minimum Gasteiger partial charge on any atom is -0.310 e. The first-order valence-electron chi connectivity index (χ1n) is 22.8. The summed E-state index contributed by atoms with van der Waals surface area (Å²) in [4.78, 5) is 2.57. The first kappa shape index (κ1) is 34.3. The van der Waals surface area contributed by atoms with Crippen molar-refractivity contribution in [3.8, 4) is 44.5 Å². The van der Waals surface area contributed by atoms with Crippen LogP contribution in [-0.2, 0) is 11.8 Å². The van der Waals surface area contributed by atoms with Gasteiger partial charge in [0.1, 0.15) is 0 Å². The average molecular weight is 782 g/mol. The van der Waals surface area contributed by atoms with Crippen LogP contribution in [0, 0.1) is 23.2 Å². The maximum absolute atomic E-state index is 2.63. The largest absolute Gasteiger partial charge is 0.310 e. The third kappa shape index (κ3) is 4.57. The molecule has 0 N–H and O–H groups in total. The van der Waals surface area contributed by atoms with E-state index in [9.17, 15) is 0 Å². The van der Waals surface area contributed by atoms with Gasteiger partial charge in [-0.1, -0.05) is 152 Å². The third-order valence-electron chi connectivity index (χ3n) is 16.8. The molecule has 292 valence electrons. The molecule has 6 aliphatic rings. The fourth-order valence-electron chi connectivity index (χ4n) is 14.4. The molecule has 8 aromatic rings. The quantitative estimate of drug-likeness (QED) is 0.172. The molecule has 0 amide bonds. The zero-order valence-electron chi connectivity index (χ0n) is 34.4. The molecule has 3 bridgehead atoms. The molecule has 0 saturated heterocycles. The van der Waals surface area contributed by atoms with Gasteiger partial charge < -0.3 is 4.90 Å². The Kier molecular flexibility index (Phi) is 7.06. The van der Waals surface area contributed by atoms with Gasteiger partial charge in [-0.2, -0.15) is 0 Å². The zero-order chi connectivity index (χ0) is 39.9. The van der Waals surface area contributed by atoms with Crippen LogP contribution < -0.4 is 4.90 Å². The average Bonchev–Trinajstić information content (AvgIpc) is 3.97. The molecular formula is C60H47N. The summed E-state index contributed by atoms with van der Waals surface area (Å²) < 4.78 is 0. The molecule has 5 unspecified atom stereocenters. The molecule has 0 radical (unpaired) electrons. The van der Waals surface area contributed by atoms with Crippen LogP contribution in [0.4, 0.5) is 17.1 Å². The fraction of sp³-hybridized carbons (Fsp3) is 0.200. The number of rotatable bonds is 4. The number of anilines is 3. The molecule has 0 heterocycles. The molecule has 1 nitrogen and oxygen atoms in total. The van der Waals surface area contributed by atoms with E-state index in [0.29, 0.717) is 11.3 Å². The van der Waals surface area contributed by atoms with Gasteiger partial charge in [0.2, 0.25) is 0 Å². The molecule has 3 fully saturated rings. The van der Waals surface area contributed by atoms with Crippen LogP contribution in [0.3, 0.4) is 0 Å². The summed E-state index contributed by atoms with van der Waals surface area (Å²) >= 11 is 0. The second-order valence-corrected chi connectivity index (χ2v) is 19.2. The Morgan fingerprint density at radius 1 is 0.443 bits per heavy atom. The van der Waals surface area contributed by atoms with Crippen LogP contribution in [0.25, 0.3) is 44.5 Å². The zero-order valence-corrected chi connectivity index (χ0v) is 34.4. The van der Waals surface area contributed by atoms with Gasteiger partial charge in [-0.05, 0) is 182 Å². The molecule has 2 spiro atoms. The lowest BCUT2D eigenvalue weighted by Gasteiger charge is -2.51. The number of nitrogens with zero attached hydrogens (tertiary/aromatic N) is 1. The van der Waals surface area contributed by atoms with E-state index in [0.717, 1.165) is 17.8 Å². The van der Waals surface area contributed by atoms with E-state index in [2.05, 4.69) is 193 Å². The van der Waals surface area contributed by atoms with Crippen molar-refractivity contribution in [3.05, 3.63) is 221 Å². The van der Waals surface area contributed by atoms with Gasteiger partial charge in [-0.25, -0.2) is 0 Å². The molecular weight excluding hydrogens is 735 g/mol. The van der Waals surface area contributed by atoms with Crippen LogP contribution in [-0.4, -0.2) is 0 Å². The SMILES string of the molecule is c1ccc(-c2ccc(N(c3ccc4c(c3)C3CC5CC6C(CCC56C3)Cc3ccccc3-4)c3ccc4c(c3)C3(c5ccccc5-c5ccccc53)c3ccccc3-4)cc2)cc1. The highest BCUT2D eigenvalue weighted by molar-refractivity contribution is 5.96. The standard InChI is InChI=1S/C60H47N/c1-2-12-38(13-3-1)39-22-24-44(25-23-39)61(45-26-28-48-47-15-5-4-14-40(47)32-41-30-31-59-37-42(53(48)35-45)33-43(59)34-57(41)59)46-27-29-52-51-18-8-11-21-56(51)60(58(52)36-46)54-19-9-6-16-49(54)50-17-7-10-20-55(50)60/h1-29,35-36,41-43,57H,30-34,37H2. The van der Waals surface area contributed by atoms with Crippen LogP contribution in [0.5, 0.6) is 0 Å². The molecule has 14 rings (SSSR count). The van der Waals surface area contributed by atoms with Gasteiger partial charge in [0, 0.05) is 17.1 Å². The predicted octanol–water partition coefficient (Wildman–Crippen LogP) is 15.3. The molecule has 3 saturated carbocycles. The summed E-state index contributed by atoms with van der Waals surface area (Å²) in [6.07, 6.45) is 8.23. The minimum atomic E-state index is -0.400. The van der Waals surface area contributed by atoms with E-state index < -0.39 is 5.41 Å². The molecule has 61 heavy (non-hydrogen) atoms. The summed E-state index contributed by atoms with van der Waals surface area (Å²) in [7, 11) is 0. The Morgan fingerprint density at radius 2 is 1.00 bits per heavy atom. The van der Waals surface area contributed by atoms with E-state index in [1.54, 1.807) is 11.1 Å². The van der Waals surface area contributed by atoms with E-state index in [1.165, 1.54) is 122 Å². The van der Waals surface area contributed by atoms with Crippen molar-refractivity contribution in [2.75, 3.05) is 4.90 Å². The lowest BCUT2D eigenvalue weighted by molar-refractivity contribution is -0.0177. The van der Waals surface area contributed by atoms with Crippen molar-refractivity contribution < 1.29 is 0 Å². The number of hydrogen-bond donors (Lipinski definition) is 0. The van der Waals surface area contributed by atoms with Gasteiger partial charge in [0.05, 0.1) is 5.41 Å². The number of benzene rings is 8.